The van der Waals surface area contributed by atoms with Gasteiger partial charge >= 0.3 is 6.09 Å². The van der Waals surface area contributed by atoms with Gasteiger partial charge in [-0.1, -0.05) is 12.1 Å². The van der Waals surface area contributed by atoms with Crippen LogP contribution in [0.25, 0.3) is 22.3 Å². The van der Waals surface area contributed by atoms with E-state index >= 15 is 0 Å². The van der Waals surface area contributed by atoms with E-state index in [9.17, 15) is 19.4 Å². The molecule has 1 amide bonds. The first-order valence-corrected chi connectivity index (χ1v) is 10.6. The molecule has 32 heavy (non-hydrogen) atoms. The Morgan fingerprint density at radius 1 is 1.22 bits per heavy atom. The number of aromatic hydroxyl groups is 1. The van der Waals surface area contributed by atoms with Gasteiger partial charge in [-0.15, -0.1) is 0 Å². The third-order valence-corrected chi connectivity index (χ3v) is 5.80. The number of benzene rings is 2. The van der Waals surface area contributed by atoms with Crippen molar-refractivity contribution in [1.82, 2.24) is 14.9 Å². The smallest absolute Gasteiger partial charge is 0.408 e. The van der Waals surface area contributed by atoms with Crippen LogP contribution < -0.4 is 4.90 Å². The summed E-state index contributed by atoms with van der Waals surface area (Å²) in [5.74, 6) is -0.128. The standard InChI is InChI=1S/C24H27FN4O3/c1-14-8-9-16-18(12-14)26-21(20-17(25)6-5-7-19(20)30)27-22(16)28-11-10-15(13-28)29(23(31)32)24(2,3)4/h5-9,12,15,30H,10-11,13H2,1-4H3,(H,31,32)/t15-/m1/s1. The minimum Gasteiger partial charge on any atom is -0.507 e. The van der Waals surface area contributed by atoms with Crippen molar-refractivity contribution >= 4 is 22.8 Å². The van der Waals surface area contributed by atoms with Gasteiger partial charge in [0.1, 0.15) is 17.4 Å². The van der Waals surface area contributed by atoms with Crippen LogP contribution in [-0.2, 0) is 0 Å². The summed E-state index contributed by atoms with van der Waals surface area (Å²) in [6, 6.07) is 9.68. The van der Waals surface area contributed by atoms with Crippen molar-refractivity contribution in [2.75, 3.05) is 18.0 Å². The molecule has 3 aromatic rings. The van der Waals surface area contributed by atoms with E-state index in [0.29, 0.717) is 30.8 Å². The predicted octanol–water partition coefficient (Wildman–Crippen LogP) is 4.81. The highest BCUT2D eigenvalue weighted by Gasteiger charge is 2.38. The number of aryl methyl sites for hydroxylation is 1. The normalized spacial score (nSPS) is 16.5. The van der Waals surface area contributed by atoms with Gasteiger partial charge in [-0.25, -0.2) is 19.2 Å². The highest BCUT2D eigenvalue weighted by Crippen LogP contribution is 2.35. The predicted molar refractivity (Wildman–Crippen MR) is 122 cm³/mol. The average Bonchev–Trinajstić information content (AvgIpc) is 3.14. The zero-order valence-corrected chi connectivity index (χ0v) is 18.6. The Bertz CT molecular complexity index is 1170. The number of nitrogens with zero attached hydrogens (tertiary/aromatic N) is 4. The molecule has 0 aliphatic carbocycles. The van der Waals surface area contributed by atoms with E-state index in [1.54, 1.807) is 0 Å². The Morgan fingerprint density at radius 2 is 1.97 bits per heavy atom. The third kappa shape index (κ3) is 3.92. The lowest BCUT2D eigenvalue weighted by Gasteiger charge is -2.38. The molecule has 1 fully saturated rings. The van der Waals surface area contributed by atoms with Crippen molar-refractivity contribution in [3.63, 3.8) is 0 Å². The van der Waals surface area contributed by atoms with E-state index in [1.807, 2.05) is 50.8 Å². The fourth-order valence-corrected chi connectivity index (χ4v) is 4.45. The number of hydrogen-bond acceptors (Lipinski definition) is 5. The summed E-state index contributed by atoms with van der Waals surface area (Å²) in [4.78, 5) is 24.7. The number of phenols is 1. The fraction of sp³-hybridized carbons (Fsp3) is 0.375. The van der Waals surface area contributed by atoms with Crippen molar-refractivity contribution in [1.29, 1.82) is 0 Å². The maximum atomic E-state index is 14.6. The molecule has 0 radical (unpaired) electrons. The number of phenolic OH excluding ortho intramolecular Hbond substituents is 1. The lowest BCUT2D eigenvalue weighted by Crippen LogP contribution is -2.52. The van der Waals surface area contributed by atoms with Crippen molar-refractivity contribution in [2.45, 2.75) is 45.7 Å². The molecule has 2 aromatic carbocycles. The second-order valence-corrected chi connectivity index (χ2v) is 9.24. The summed E-state index contributed by atoms with van der Waals surface area (Å²) in [7, 11) is 0. The van der Waals surface area contributed by atoms with E-state index in [-0.39, 0.29) is 23.2 Å². The largest absolute Gasteiger partial charge is 0.507 e. The molecule has 0 unspecified atom stereocenters. The number of carboxylic acid groups (broad SMARTS) is 1. The van der Waals surface area contributed by atoms with Crippen LogP contribution in [0, 0.1) is 12.7 Å². The number of aromatic nitrogens is 2. The number of rotatable bonds is 3. The van der Waals surface area contributed by atoms with Gasteiger partial charge in [0, 0.05) is 24.0 Å². The molecule has 8 heteroatoms. The molecule has 0 bridgehead atoms. The molecule has 1 atom stereocenters. The van der Waals surface area contributed by atoms with Crippen molar-refractivity contribution in [3.05, 3.63) is 47.8 Å². The summed E-state index contributed by atoms with van der Waals surface area (Å²) in [5.41, 5.74) is 1.05. The molecule has 0 spiro atoms. The second-order valence-electron chi connectivity index (χ2n) is 9.24. The van der Waals surface area contributed by atoms with Crippen LogP contribution in [0.4, 0.5) is 15.0 Å². The molecule has 7 nitrogen and oxygen atoms in total. The summed E-state index contributed by atoms with van der Waals surface area (Å²) in [5, 5.41) is 20.9. The number of anilines is 1. The average molecular weight is 439 g/mol. The van der Waals surface area contributed by atoms with Crippen molar-refractivity contribution in [3.8, 4) is 17.1 Å². The number of fused-ring (bicyclic) bond motifs is 1. The van der Waals surface area contributed by atoms with Crippen LogP contribution in [0.3, 0.4) is 0 Å². The van der Waals surface area contributed by atoms with Crippen molar-refractivity contribution in [2.24, 2.45) is 0 Å². The molecule has 1 aliphatic heterocycles. The molecular formula is C24H27FN4O3. The summed E-state index contributed by atoms with van der Waals surface area (Å²) >= 11 is 0. The minimum atomic E-state index is -0.954. The zero-order valence-electron chi connectivity index (χ0n) is 18.6. The van der Waals surface area contributed by atoms with E-state index in [2.05, 4.69) is 9.97 Å². The van der Waals surface area contributed by atoms with Gasteiger partial charge in [0.15, 0.2) is 5.82 Å². The van der Waals surface area contributed by atoms with Gasteiger partial charge in [0.25, 0.3) is 0 Å². The number of carbonyl (C=O) groups is 1. The lowest BCUT2D eigenvalue weighted by molar-refractivity contribution is 0.0763. The van der Waals surface area contributed by atoms with Gasteiger partial charge < -0.3 is 15.1 Å². The Hall–Kier alpha value is -3.42. The third-order valence-electron chi connectivity index (χ3n) is 5.80. The molecule has 1 aliphatic rings. The van der Waals surface area contributed by atoms with Crippen LogP contribution in [0.1, 0.15) is 32.8 Å². The SMILES string of the molecule is Cc1ccc2c(N3CC[C@@H](N(C(=O)O)C(C)(C)C)C3)nc(-c3c(O)cccc3F)nc2c1. The monoisotopic (exact) mass is 438 g/mol. The maximum Gasteiger partial charge on any atom is 0.408 e. The second kappa shape index (κ2) is 7.93. The highest BCUT2D eigenvalue weighted by molar-refractivity contribution is 5.92. The van der Waals surface area contributed by atoms with E-state index < -0.39 is 17.4 Å². The molecule has 168 valence electrons. The van der Waals surface area contributed by atoms with Crippen LogP contribution >= 0.6 is 0 Å². The molecule has 4 rings (SSSR count). The molecule has 1 saturated heterocycles. The van der Waals surface area contributed by atoms with Crippen LogP contribution in [0.2, 0.25) is 0 Å². The van der Waals surface area contributed by atoms with Gasteiger partial charge in [0.2, 0.25) is 0 Å². The zero-order chi connectivity index (χ0) is 23.2. The van der Waals surface area contributed by atoms with Gasteiger partial charge in [0.05, 0.1) is 17.1 Å². The van der Waals surface area contributed by atoms with Gasteiger partial charge in [-0.2, -0.15) is 0 Å². The van der Waals surface area contributed by atoms with Crippen LogP contribution in [0.15, 0.2) is 36.4 Å². The van der Waals surface area contributed by atoms with Gasteiger partial charge in [-0.05, 0) is 63.9 Å². The summed E-state index contributed by atoms with van der Waals surface area (Å²) < 4.78 is 14.6. The quantitative estimate of drug-likeness (QED) is 0.610. The highest BCUT2D eigenvalue weighted by atomic mass is 19.1. The number of halogens is 1. The first-order valence-electron chi connectivity index (χ1n) is 10.6. The van der Waals surface area contributed by atoms with E-state index in [1.165, 1.54) is 23.1 Å². The molecule has 2 N–H and O–H groups in total. The van der Waals surface area contributed by atoms with Crippen LogP contribution in [-0.4, -0.2) is 55.8 Å². The first-order chi connectivity index (χ1) is 15.1. The Balaban J connectivity index is 1.82. The topological polar surface area (TPSA) is 89.8 Å². The fourth-order valence-electron chi connectivity index (χ4n) is 4.45. The van der Waals surface area contributed by atoms with Crippen molar-refractivity contribution < 1.29 is 19.4 Å². The summed E-state index contributed by atoms with van der Waals surface area (Å²) in [6.45, 7) is 8.66. The maximum absolute atomic E-state index is 14.6. The molecule has 1 aromatic heterocycles. The van der Waals surface area contributed by atoms with E-state index in [0.717, 1.165) is 10.9 Å². The Kier molecular flexibility index (Phi) is 5.40. The van der Waals surface area contributed by atoms with E-state index in [4.69, 9.17) is 0 Å². The lowest BCUT2D eigenvalue weighted by atomic mass is 10.0. The number of amides is 1. The molecule has 2 heterocycles. The number of hydrogen-bond donors (Lipinski definition) is 2. The Morgan fingerprint density at radius 3 is 2.62 bits per heavy atom. The molecular weight excluding hydrogens is 411 g/mol. The minimum absolute atomic E-state index is 0.0465. The Labute approximate surface area is 186 Å². The molecule has 0 saturated carbocycles. The van der Waals surface area contributed by atoms with Crippen LogP contribution in [0.5, 0.6) is 5.75 Å². The summed E-state index contributed by atoms with van der Waals surface area (Å²) in [6.07, 6.45) is -0.300. The first kappa shape index (κ1) is 21.8. The van der Waals surface area contributed by atoms with Gasteiger partial charge in [-0.3, -0.25) is 4.90 Å².